The summed E-state index contributed by atoms with van der Waals surface area (Å²) >= 11 is 0. The molecule has 2 atom stereocenters. The molecule has 1 fully saturated rings. The maximum Gasteiger partial charge on any atom is 0.411 e. The van der Waals surface area contributed by atoms with Crippen molar-refractivity contribution >= 4 is 23.4 Å². The zero-order valence-corrected chi connectivity index (χ0v) is 18.2. The molecule has 1 aliphatic rings. The number of ether oxygens (including phenoxy) is 2. The van der Waals surface area contributed by atoms with Crippen LogP contribution in [0.3, 0.4) is 0 Å². The van der Waals surface area contributed by atoms with Crippen molar-refractivity contribution in [2.24, 2.45) is 5.73 Å². The normalized spacial score (nSPS) is 18.4. The zero-order chi connectivity index (χ0) is 22.4. The highest BCUT2D eigenvalue weighted by Crippen LogP contribution is 2.32. The van der Waals surface area contributed by atoms with E-state index in [0.717, 1.165) is 16.8 Å². The molecule has 2 amide bonds. The van der Waals surface area contributed by atoms with Gasteiger partial charge in [-0.05, 0) is 43.2 Å². The Hall–Kier alpha value is -3.10. The minimum Gasteiger partial charge on any atom is -0.453 e. The van der Waals surface area contributed by atoms with Crippen molar-refractivity contribution in [3.8, 4) is 0 Å². The van der Waals surface area contributed by atoms with Crippen LogP contribution in [-0.2, 0) is 22.6 Å². The van der Waals surface area contributed by atoms with E-state index in [2.05, 4.69) is 29.4 Å². The molecule has 2 unspecified atom stereocenters. The Kier molecular flexibility index (Phi) is 7.49. The van der Waals surface area contributed by atoms with E-state index in [1.165, 1.54) is 7.11 Å². The Morgan fingerprint density at radius 1 is 1.13 bits per heavy atom. The number of amides is 2. The number of anilines is 2. The molecule has 3 rings (SSSR count). The zero-order valence-electron chi connectivity index (χ0n) is 18.2. The van der Waals surface area contributed by atoms with Gasteiger partial charge in [-0.2, -0.15) is 0 Å². The number of methoxy groups -OCH3 is 1. The first-order valence-electron chi connectivity index (χ1n) is 10.3. The Morgan fingerprint density at radius 2 is 1.84 bits per heavy atom. The lowest BCUT2D eigenvalue weighted by Gasteiger charge is -2.41. The van der Waals surface area contributed by atoms with E-state index < -0.39 is 6.09 Å². The van der Waals surface area contributed by atoms with E-state index in [-0.39, 0.29) is 18.0 Å². The third-order valence-corrected chi connectivity index (χ3v) is 5.31. The first-order valence-corrected chi connectivity index (χ1v) is 10.3. The van der Waals surface area contributed by atoms with Crippen molar-refractivity contribution in [2.45, 2.75) is 39.0 Å². The Labute approximate surface area is 182 Å². The standard InChI is InChI=1S/C23H30N4O4/c1-15-13-31-14-16(2)27(15)21-8-7-19(10-20(21)26-23(29)30-3)22(28)25-12-18-6-4-5-17(9-18)11-24/h4-10,15-16H,11-14,24H2,1-3H3,(H,25,28)(H,26,29). The third-order valence-electron chi connectivity index (χ3n) is 5.31. The van der Waals surface area contributed by atoms with Gasteiger partial charge in [-0.25, -0.2) is 4.79 Å². The minimum atomic E-state index is -0.592. The second kappa shape index (κ2) is 10.3. The van der Waals surface area contributed by atoms with Crippen molar-refractivity contribution in [3.05, 3.63) is 59.2 Å². The quantitative estimate of drug-likeness (QED) is 0.656. The number of nitrogens with zero attached hydrogens (tertiary/aromatic N) is 1. The molecule has 8 heteroatoms. The number of benzene rings is 2. The molecule has 0 saturated carbocycles. The van der Waals surface area contributed by atoms with Crippen LogP contribution in [-0.4, -0.2) is 44.4 Å². The van der Waals surface area contributed by atoms with E-state index >= 15 is 0 Å². The predicted molar refractivity (Wildman–Crippen MR) is 120 cm³/mol. The maximum absolute atomic E-state index is 12.8. The van der Waals surface area contributed by atoms with E-state index in [0.29, 0.717) is 37.6 Å². The van der Waals surface area contributed by atoms with Crippen LogP contribution in [0.25, 0.3) is 0 Å². The van der Waals surface area contributed by atoms with Crippen molar-refractivity contribution in [3.63, 3.8) is 0 Å². The molecule has 0 radical (unpaired) electrons. The average molecular weight is 427 g/mol. The summed E-state index contributed by atoms with van der Waals surface area (Å²) in [7, 11) is 1.31. The van der Waals surface area contributed by atoms with Gasteiger partial charge in [0.05, 0.1) is 31.7 Å². The van der Waals surface area contributed by atoms with Crippen molar-refractivity contribution in [1.82, 2.24) is 5.32 Å². The van der Waals surface area contributed by atoms with Crippen molar-refractivity contribution < 1.29 is 19.1 Å². The smallest absolute Gasteiger partial charge is 0.411 e. The SMILES string of the molecule is COC(=O)Nc1cc(C(=O)NCc2cccc(CN)c2)ccc1N1C(C)COCC1C. The number of rotatable bonds is 6. The summed E-state index contributed by atoms with van der Waals surface area (Å²) in [5.74, 6) is -0.235. The summed E-state index contributed by atoms with van der Waals surface area (Å²) in [6, 6.07) is 13.3. The van der Waals surface area contributed by atoms with Gasteiger partial charge in [0.15, 0.2) is 0 Å². The van der Waals surface area contributed by atoms with Crippen LogP contribution in [0.15, 0.2) is 42.5 Å². The number of carbonyl (C=O) groups excluding carboxylic acids is 2. The van der Waals surface area contributed by atoms with Gasteiger partial charge in [-0.3, -0.25) is 10.1 Å². The molecule has 0 bridgehead atoms. The number of hydrogen-bond acceptors (Lipinski definition) is 6. The lowest BCUT2D eigenvalue weighted by Crippen LogP contribution is -2.50. The summed E-state index contributed by atoms with van der Waals surface area (Å²) in [6.07, 6.45) is -0.592. The third kappa shape index (κ3) is 5.53. The average Bonchev–Trinajstić information content (AvgIpc) is 2.78. The van der Waals surface area contributed by atoms with E-state index in [1.54, 1.807) is 12.1 Å². The van der Waals surface area contributed by atoms with Crippen LogP contribution in [0, 0.1) is 0 Å². The fourth-order valence-electron chi connectivity index (χ4n) is 3.79. The number of morpholine rings is 1. The molecule has 166 valence electrons. The van der Waals surface area contributed by atoms with Gasteiger partial charge >= 0.3 is 6.09 Å². The maximum atomic E-state index is 12.8. The predicted octanol–water partition coefficient (Wildman–Crippen LogP) is 2.87. The summed E-state index contributed by atoms with van der Waals surface area (Å²) in [5.41, 5.74) is 9.45. The van der Waals surface area contributed by atoms with Crippen molar-refractivity contribution in [2.75, 3.05) is 30.5 Å². The van der Waals surface area contributed by atoms with E-state index in [1.807, 2.05) is 30.3 Å². The van der Waals surface area contributed by atoms with Crippen LogP contribution in [0.2, 0.25) is 0 Å². The number of nitrogens with two attached hydrogens (primary N) is 1. The number of carbonyl (C=O) groups is 2. The van der Waals surface area contributed by atoms with Crippen molar-refractivity contribution in [1.29, 1.82) is 0 Å². The molecule has 2 aromatic rings. The van der Waals surface area contributed by atoms with Crippen LogP contribution in [0.5, 0.6) is 0 Å². The van der Waals surface area contributed by atoms with E-state index in [9.17, 15) is 9.59 Å². The molecule has 1 saturated heterocycles. The molecule has 2 aromatic carbocycles. The summed E-state index contributed by atoms with van der Waals surface area (Å²) in [5, 5.41) is 5.67. The Morgan fingerprint density at radius 3 is 2.52 bits per heavy atom. The second-order valence-electron chi connectivity index (χ2n) is 7.70. The minimum absolute atomic E-state index is 0.122. The van der Waals surface area contributed by atoms with Gasteiger partial charge in [0, 0.05) is 30.7 Å². The van der Waals surface area contributed by atoms with Gasteiger partial charge < -0.3 is 25.4 Å². The van der Waals surface area contributed by atoms with Gasteiger partial charge in [0.25, 0.3) is 5.91 Å². The molecular weight excluding hydrogens is 396 g/mol. The number of hydrogen-bond donors (Lipinski definition) is 3. The fraction of sp³-hybridized carbons (Fsp3) is 0.391. The topological polar surface area (TPSA) is 106 Å². The monoisotopic (exact) mass is 426 g/mol. The Bertz CT molecular complexity index is 924. The molecular formula is C23H30N4O4. The second-order valence-corrected chi connectivity index (χ2v) is 7.70. The lowest BCUT2D eigenvalue weighted by atomic mass is 10.1. The van der Waals surface area contributed by atoms with Gasteiger partial charge in [-0.15, -0.1) is 0 Å². The molecule has 1 heterocycles. The van der Waals surface area contributed by atoms with Gasteiger partial charge in [0.2, 0.25) is 0 Å². The fourth-order valence-corrected chi connectivity index (χ4v) is 3.79. The summed E-state index contributed by atoms with van der Waals surface area (Å²) in [6.45, 7) is 6.13. The molecule has 0 aliphatic carbocycles. The van der Waals surface area contributed by atoms with Crippen LogP contribution in [0.4, 0.5) is 16.2 Å². The molecule has 4 N–H and O–H groups in total. The molecule has 1 aliphatic heterocycles. The van der Waals surface area contributed by atoms with Crippen LogP contribution >= 0.6 is 0 Å². The Balaban J connectivity index is 1.82. The largest absolute Gasteiger partial charge is 0.453 e. The lowest BCUT2D eigenvalue weighted by molar-refractivity contribution is 0.0757. The van der Waals surface area contributed by atoms with Gasteiger partial charge in [-0.1, -0.05) is 24.3 Å². The van der Waals surface area contributed by atoms with Crippen LogP contribution in [0.1, 0.15) is 35.3 Å². The summed E-state index contributed by atoms with van der Waals surface area (Å²) < 4.78 is 10.4. The molecule has 0 spiro atoms. The van der Waals surface area contributed by atoms with Gasteiger partial charge in [0.1, 0.15) is 0 Å². The molecule has 0 aromatic heterocycles. The van der Waals surface area contributed by atoms with Crippen LogP contribution < -0.4 is 21.3 Å². The highest BCUT2D eigenvalue weighted by Gasteiger charge is 2.28. The first-order chi connectivity index (χ1) is 14.9. The molecule has 8 nitrogen and oxygen atoms in total. The highest BCUT2D eigenvalue weighted by molar-refractivity contribution is 5.98. The number of nitrogens with one attached hydrogen (secondary N) is 2. The summed E-state index contributed by atoms with van der Waals surface area (Å²) in [4.78, 5) is 26.9. The first kappa shape index (κ1) is 22.6. The molecule has 31 heavy (non-hydrogen) atoms. The van der Waals surface area contributed by atoms with E-state index in [4.69, 9.17) is 15.2 Å². The highest BCUT2D eigenvalue weighted by atomic mass is 16.5.